The third-order valence-electron chi connectivity index (χ3n) is 2.06. The predicted molar refractivity (Wildman–Crippen MR) is 64.0 cm³/mol. The second-order valence-corrected chi connectivity index (χ2v) is 5.38. The Morgan fingerprint density at radius 3 is 2.67 bits per heavy atom. The fourth-order valence-electron chi connectivity index (χ4n) is 1.15. The summed E-state index contributed by atoms with van der Waals surface area (Å²) in [7, 11) is 0. The zero-order valence-electron chi connectivity index (χ0n) is 9.23. The van der Waals surface area contributed by atoms with Crippen LogP contribution in [0.1, 0.15) is 25.8 Å². The lowest BCUT2D eigenvalue weighted by atomic mass is 10.1. The zero-order chi connectivity index (χ0) is 11.3. The summed E-state index contributed by atoms with van der Waals surface area (Å²) in [6, 6.07) is 7.85. The largest absolute Gasteiger partial charge is 0.392 e. The Kier molecular flexibility index (Phi) is 4.64. The first kappa shape index (κ1) is 12.6. The van der Waals surface area contributed by atoms with E-state index in [1.165, 1.54) is 0 Å². The van der Waals surface area contributed by atoms with E-state index in [0.717, 1.165) is 22.6 Å². The zero-order valence-corrected chi connectivity index (χ0v) is 10.0. The number of hydrogen-bond acceptors (Lipinski definition) is 3. The minimum absolute atomic E-state index is 0.0832. The second-order valence-electron chi connectivity index (χ2n) is 4.22. The molecule has 0 spiro atoms. The standard InChI is InChI=1S/C12H18O2S/c1-12(2,14)6-7-15-11-5-3-4-10(8-11)9-13/h3-5,8,13-14H,6-7,9H2,1-2H3. The third kappa shape index (κ3) is 5.21. The number of benzene rings is 1. The van der Waals surface area contributed by atoms with Crippen molar-refractivity contribution in [2.45, 2.75) is 37.4 Å². The molecule has 0 heterocycles. The lowest BCUT2D eigenvalue weighted by molar-refractivity contribution is 0.0777. The smallest absolute Gasteiger partial charge is 0.0682 e. The molecule has 0 amide bonds. The van der Waals surface area contributed by atoms with E-state index >= 15 is 0 Å². The van der Waals surface area contributed by atoms with Crippen LogP contribution in [0, 0.1) is 0 Å². The Balaban J connectivity index is 2.44. The van der Waals surface area contributed by atoms with Crippen LogP contribution in [0.25, 0.3) is 0 Å². The predicted octanol–water partition coefficient (Wildman–Crippen LogP) is 2.43. The third-order valence-corrected chi connectivity index (χ3v) is 3.06. The van der Waals surface area contributed by atoms with Crippen molar-refractivity contribution in [1.29, 1.82) is 0 Å². The van der Waals surface area contributed by atoms with Gasteiger partial charge in [-0.25, -0.2) is 0 Å². The van der Waals surface area contributed by atoms with Crippen molar-refractivity contribution in [3.8, 4) is 0 Å². The van der Waals surface area contributed by atoms with Gasteiger partial charge in [0.2, 0.25) is 0 Å². The highest BCUT2D eigenvalue weighted by Crippen LogP contribution is 2.22. The number of aliphatic hydroxyl groups is 2. The van der Waals surface area contributed by atoms with E-state index in [1.807, 2.05) is 38.1 Å². The number of hydrogen-bond donors (Lipinski definition) is 2. The number of rotatable bonds is 5. The van der Waals surface area contributed by atoms with Gasteiger partial charge >= 0.3 is 0 Å². The molecule has 0 fully saturated rings. The first-order chi connectivity index (χ1) is 7.01. The topological polar surface area (TPSA) is 40.5 Å². The molecule has 1 aromatic carbocycles. The van der Waals surface area contributed by atoms with Gasteiger partial charge in [0.15, 0.2) is 0 Å². The van der Waals surface area contributed by atoms with E-state index in [9.17, 15) is 5.11 Å². The van der Waals surface area contributed by atoms with E-state index in [4.69, 9.17) is 5.11 Å². The van der Waals surface area contributed by atoms with E-state index in [1.54, 1.807) is 11.8 Å². The molecule has 0 aromatic heterocycles. The van der Waals surface area contributed by atoms with Crippen molar-refractivity contribution in [2.75, 3.05) is 5.75 Å². The minimum Gasteiger partial charge on any atom is -0.392 e. The van der Waals surface area contributed by atoms with Gasteiger partial charge in [0.25, 0.3) is 0 Å². The molecule has 0 unspecified atom stereocenters. The molecule has 0 saturated carbocycles. The Labute approximate surface area is 95.3 Å². The molecule has 0 aliphatic carbocycles. The maximum Gasteiger partial charge on any atom is 0.0682 e. The highest BCUT2D eigenvalue weighted by atomic mass is 32.2. The van der Waals surface area contributed by atoms with E-state index in [-0.39, 0.29) is 6.61 Å². The van der Waals surface area contributed by atoms with E-state index in [0.29, 0.717) is 0 Å². The van der Waals surface area contributed by atoms with Crippen molar-refractivity contribution in [3.63, 3.8) is 0 Å². The molecule has 0 aliphatic rings. The van der Waals surface area contributed by atoms with Gasteiger partial charge in [-0.2, -0.15) is 0 Å². The average molecular weight is 226 g/mol. The maximum atomic E-state index is 9.54. The second kappa shape index (κ2) is 5.54. The van der Waals surface area contributed by atoms with Gasteiger partial charge in [0, 0.05) is 10.6 Å². The summed E-state index contributed by atoms with van der Waals surface area (Å²) >= 11 is 1.71. The van der Waals surface area contributed by atoms with Crippen molar-refractivity contribution >= 4 is 11.8 Å². The van der Waals surface area contributed by atoms with E-state index in [2.05, 4.69) is 0 Å². The molecular formula is C12H18O2S. The molecular weight excluding hydrogens is 208 g/mol. The molecule has 15 heavy (non-hydrogen) atoms. The summed E-state index contributed by atoms with van der Waals surface area (Å²) in [5.74, 6) is 0.887. The number of thioether (sulfide) groups is 1. The normalized spacial score (nSPS) is 11.7. The molecule has 0 aliphatic heterocycles. The lowest BCUT2D eigenvalue weighted by Crippen LogP contribution is -2.18. The van der Waals surface area contributed by atoms with E-state index < -0.39 is 5.60 Å². The minimum atomic E-state index is -0.596. The summed E-state index contributed by atoms with van der Waals surface area (Å²) in [5.41, 5.74) is 0.338. The van der Waals surface area contributed by atoms with Crippen LogP contribution < -0.4 is 0 Å². The van der Waals surface area contributed by atoms with Gasteiger partial charge in [-0.1, -0.05) is 12.1 Å². The summed E-state index contributed by atoms with van der Waals surface area (Å²) in [4.78, 5) is 1.14. The van der Waals surface area contributed by atoms with Crippen molar-refractivity contribution in [2.24, 2.45) is 0 Å². The Morgan fingerprint density at radius 1 is 1.33 bits per heavy atom. The molecule has 84 valence electrons. The van der Waals surface area contributed by atoms with Crippen LogP contribution in [-0.4, -0.2) is 21.6 Å². The van der Waals surface area contributed by atoms with Gasteiger partial charge in [0.05, 0.1) is 12.2 Å². The lowest BCUT2D eigenvalue weighted by Gasteiger charge is -2.16. The van der Waals surface area contributed by atoms with Crippen LogP contribution >= 0.6 is 11.8 Å². The quantitative estimate of drug-likeness (QED) is 0.758. The number of aliphatic hydroxyl groups excluding tert-OH is 1. The highest BCUT2D eigenvalue weighted by molar-refractivity contribution is 7.99. The maximum absolute atomic E-state index is 9.54. The summed E-state index contributed by atoms with van der Waals surface area (Å²) < 4.78 is 0. The van der Waals surface area contributed by atoms with Gasteiger partial charge in [-0.05, 0) is 38.0 Å². The first-order valence-electron chi connectivity index (χ1n) is 5.06. The van der Waals surface area contributed by atoms with Gasteiger partial charge < -0.3 is 10.2 Å². The molecule has 0 saturated heterocycles. The Morgan fingerprint density at radius 2 is 2.07 bits per heavy atom. The molecule has 2 nitrogen and oxygen atoms in total. The highest BCUT2D eigenvalue weighted by Gasteiger charge is 2.11. The fraction of sp³-hybridized carbons (Fsp3) is 0.500. The molecule has 0 atom stereocenters. The van der Waals surface area contributed by atoms with Crippen LogP contribution in [0.3, 0.4) is 0 Å². The van der Waals surface area contributed by atoms with Crippen LogP contribution in [0.2, 0.25) is 0 Å². The van der Waals surface area contributed by atoms with Crippen molar-refractivity contribution in [1.82, 2.24) is 0 Å². The van der Waals surface area contributed by atoms with Crippen molar-refractivity contribution in [3.05, 3.63) is 29.8 Å². The van der Waals surface area contributed by atoms with Crippen LogP contribution in [0.15, 0.2) is 29.2 Å². The SMILES string of the molecule is CC(C)(O)CCSc1cccc(CO)c1. The van der Waals surface area contributed by atoms with Crippen molar-refractivity contribution < 1.29 is 10.2 Å². The Hall–Kier alpha value is -0.510. The molecule has 0 bridgehead atoms. The average Bonchev–Trinajstić information content (AvgIpc) is 2.16. The summed E-state index contributed by atoms with van der Waals surface area (Å²) in [6.45, 7) is 3.72. The molecule has 2 N–H and O–H groups in total. The van der Waals surface area contributed by atoms with Gasteiger partial charge in [-0.3, -0.25) is 0 Å². The van der Waals surface area contributed by atoms with Crippen LogP contribution in [0.5, 0.6) is 0 Å². The first-order valence-corrected chi connectivity index (χ1v) is 6.05. The molecule has 1 aromatic rings. The van der Waals surface area contributed by atoms with Crippen LogP contribution in [0.4, 0.5) is 0 Å². The van der Waals surface area contributed by atoms with Crippen LogP contribution in [-0.2, 0) is 6.61 Å². The summed E-state index contributed by atoms with van der Waals surface area (Å²) in [6.07, 6.45) is 0.765. The summed E-state index contributed by atoms with van der Waals surface area (Å²) in [5, 5.41) is 18.5. The molecule has 1 rings (SSSR count). The fourth-order valence-corrected chi connectivity index (χ4v) is 2.40. The Bertz CT molecular complexity index is 305. The molecule has 3 heteroatoms. The van der Waals surface area contributed by atoms with Gasteiger partial charge in [-0.15, -0.1) is 11.8 Å². The monoisotopic (exact) mass is 226 g/mol. The van der Waals surface area contributed by atoms with Gasteiger partial charge in [0.1, 0.15) is 0 Å². The molecule has 0 radical (unpaired) electrons.